The number of carbonyl (C=O) groups is 4. The number of primary amides is 1. The molecule has 1 aromatic carbocycles. The van der Waals surface area contributed by atoms with Crippen LogP contribution in [-0.4, -0.2) is 63.7 Å². The summed E-state index contributed by atoms with van der Waals surface area (Å²) in [4.78, 5) is 51.2. The van der Waals surface area contributed by atoms with Gasteiger partial charge in [-0.3, -0.25) is 14.4 Å². The lowest BCUT2D eigenvalue weighted by Crippen LogP contribution is -2.56. The van der Waals surface area contributed by atoms with Crippen molar-refractivity contribution in [2.75, 3.05) is 6.54 Å². The summed E-state index contributed by atoms with van der Waals surface area (Å²) in [5.41, 5.74) is 5.78. The van der Waals surface area contributed by atoms with E-state index in [1.807, 2.05) is 0 Å². The zero-order valence-corrected chi connectivity index (χ0v) is 18.7. The van der Waals surface area contributed by atoms with Crippen LogP contribution in [0.3, 0.4) is 0 Å². The van der Waals surface area contributed by atoms with Crippen LogP contribution in [0.25, 0.3) is 0 Å². The number of hydrogen-bond acceptors (Lipinski definition) is 7. The quantitative estimate of drug-likeness (QED) is 0.389. The average Bonchev–Trinajstić information content (AvgIpc) is 2.77. The van der Waals surface area contributed by atoms with Crippen molar-refractivity contribution >= 4 is 23.8 Å². The molecule has 33 heavy (non-hydrogen) atoms. The van der Waals surface area contributed by atoms with E-state index in [0.717, 1.165) is 0 Å². The minimum absolute atomic E-state index is 0.0813. The van der Waals surface area contributed by atoms with Crippen LogP contribution >= 0.6 is 0 Å². The maximum absolute atomic E-state index is 13.4. The van der Waals surface area contributed by atoms with Crippen LogP contribution in [0.4, 0.5) is 4.79 Å². The molecular formula is C23H31N3O7. The van der Waals surface area contributed by atoms with E-state index in [1.54, 1.807) is 44.2 Å². The third kappa shape index (κ3) is 7.69. The van der Waals surface area contributed by atoms with Gasteiger partial charge in [0.15, 0.2) is 0 Å². The molecule has 1 aliphatic rings. The molecule has 10 nitrogen and oxygen atoms in total. The highest BCUT2D eigenvalue weighted by molar-refractivity contribution is 5.99. The van der Waals surface area contributed by atoms with Crippen LogP contribution in [0.5, 0.6) is 0 Å². The van der Waals surface area contributed by atoms with E-state index in [0.29, 0.717) is 10.5 Å². The summed E-state index contributed by atoms with van der Waals surface area (Å²) in [5, 5.41) is 22.6. The number of amides is 4. The molecule has 0 heterocycles. The zero-order valence-electron chi connectivity index (χ0n) is 18.7. The van der Waals surface area contributed by atoms with Crippen molar-refractivity contribution < 1.29 is 34.1 Å². The first-order valence-corrected chi connectivity index (χ1v) is 10.7. The summed E-state index contributed by atoms with van der Waals surface area (Å²) < 4.78 is 5.33. The second kappa shape index (κ2) is 12.1. The zero-order chi connectivity index (χ0) is 24.5. The SMILES string of the molecule is CC(C)C[C@H](C(=O)NCC(N)=O)N(C(=O)OCc1ccccc1)C(=O)C1CC(O)C=CC1O. The number of aliphatic hydroxyl groups excluding tert-OH is 2. The maximum atomic E-state index is 13.4. The fourth-order valence-electron chi connectivity index (χ4n) is 3.51. The Morgan fingerprint density at radius 1 is 1.15 bits per heavy atom. The molecule has 3 unspecified atom stereocenters. The monoisotopic (exact) mass is 461 g/mol. The number of hydrogen-bond donors (Lipinski definition) is 4. The lowest BCUT2D eigenvalue weighted by molar-refractivity contribution is -0.145. The Bertz CT molecular complexity index is 872. The second-order valence-electron chi connectivity index (χ2n) is 8.36. The molecule has 1 aliphatic carbocycles. The minimum Gasteiger partial charge on any atom is -0.444 e. The van der Waals surface area contributed by atoms with Crippen LogP contribution < -0.4 is 11.1 Å². The first kappa shape index (κ1) is 26.0. The van der Waals surface area contributed by atoms with Crippen molar-refractivity contribution in [1.82, 2.24) is 10.2 Å². The Hall–Kier alpha value is -3.24. The summed E-state index contributed by atoms with van der Waals surface area (Å²) in [5.74, 6) is -3.67. The predicted octanol–water partition coefficient (Wildman–Crippen LogP) is 0.466. The highest BCUT2D eigenvalue weighted by Gasteiger charge is 2.42. The van der Waals surface area contributed by atoms with Gasteiger partial charge in [0.1, 0.15) is 12.6 Å². The van der Waals surface area contributed by atoms with E-state index >= 15 is 0 Å². The number of aliphatic hydroxyl groups is 2. The normalized spacial score (nSPS) is 20.7. The van der Waals surface area contributed by atoms with Crippen molar-refractivity contribution in [3.05, 3.63) is 48.0 Å². The molecule has 0 bridgehead atoms. The number of rotatable bonds is 9. The van der Waals surface area contributed by atoms with Crippen molar-refractivity contribution in [2.24, 2.45) is 17.6 Å². The standard InChI is InChI=1S/C23H31N3O7/c1-14(2)10-18(21(30)25-12-20(24)29)26(22(31)17-11-16(27)8-9-19(17)28)23(32)33-13-15-6-4-3-5-7-15/h3-9,14,16-19,27-28H,10-13H2,1-2H3,(H2,24,29)(H,25,30)/t16?,17?,18-,19?/m1/s1. The molecule has 0 saturated carbocycles. The van der Waals surface area contributed by atoms with Gasteiger partial charge in [0.05, 0.1) is 24.7 Å². The van der Waals surface area contributed by atoms with Crippen molar-refractivity contribution in [1.29, 1.82) is 0 Å². The summed E-state index contributed by atoms with van der Waals surface area (Å²) in [7, 11) is 0. The lowest BCUT2D eigenvalue weighted by atomic mass is 9.88. The number of nitrogens with one attached hydrogen (secondary N) is 1. The molecule has 5 N–H and O–H groups in total. The van der Waals surface area contributed by atoms with E-state index in [9.17, 15) is 29.4 Å². The lowest BCUT2D eigenvalue weighted by Gasteiger charge is -2.34. The number of carbonyl (C=O) groups excluding carboxylic acids is 4. The number of ether oxygens (including phenoxy) is 1. The number of imide groups is 1. The summed E-state index contributed by atoms with van der Waals surface area (Å²) >= 11 is 0. The smallest absolute Gasteiger partial charge is 0.417 e. The van der Waals surface area contributed by atoms with Gasteiger partial charge in [-0.2, -0.15) is 0 Å². The fraction of sp³-hybridized carbons (Fsp3) is 0.478. The van der Waals surface area contributed by atoms with E-state index in [4.69, 9.17) is 10.5 Å². The summed E-state index contributed by atoms with van der Waals surface area (Å²) in [6.07, 6.45) is -0.726. The van der Waals surface area contributed by atoms with Crippen molar-refractivity contribution in [3.63, 3.8) is 0 Å². The van der Waals surface area contributed by atoms with E-state index in [-0.39, 0.29) is 25.4 Å². The molecule has 0 aromatic heterocycles. The molecule has 1 aromatic rings. The molecule has 0 saturated heterocycles. The molecule has 0 aliphatic heterocycles. The third-order valence-corrected chi connectivity index (χ3v) is 5.14. The van der Waals surface area contributed by atoms with Gasteiger partial charge in [0, 0.05) is 0 Å². The van der Waals surface area contributed by atoms with E-state index in [2.05, 4.69) is 5.32 Å². The van der Waals surface area contributed by atoms with Gasteiger partial charge in [-0.05, 0) is 24.3 Å². The molecule has 180 valence electrons. The van der Waals surface area contributed by atoms with Crippen LogP contribution in [0, 0.1) is 11.8 Å². The fourth-order valence-corrected chi connectivity index (χ4v) is 3.51. The van der Waals surface area contributed by atoms with Crippen molar-refractivity contribution in [2.45, 2.75) is 51.5 Å². The van der Waals surface area contributed by atoms with Gasteiger partial charge in [0.25, 0.3) is 0 Å². The van der Waals surface area contributed by atoms with Crippen LogP contribution in [-0.2, 0) is 25.7 Å². The molecule has 2 rings (SSSR count). The van der Waals surface area contributed by atoms with Gasteiger partial charge in [-0.1, -0.05) is 56.3 Å². The Morgan fingerprint density at radius 3 is 2.42 bits per heavy atom. The first-order chi connectivity index (χ1) is 15.6. The van der Waals surface area contributed by atoms with Crippen LogP contribution in [0.2, 0.25) is 0 Å². The second-order valence-corrected chi connectivity index (χ2v) is 8.36. The van der Waals surface area contributed by atoms with Crippen molar-refractivity contribution in [3.8, 4) is 0 Å². The Balaban J connectivity index is 2.35. The van der Waals surface area contributed by atoms with Gasteiger partial charge >= 0.3 is 6.09 Å². The molecule has 0 fully saturated rings. The maximum Gasteiger partial charge on any atom is 0.417 e. The van der Waals surface area contributed by atoms with E-state index < -0.39 is 54.5 Å². The Kier molecular flexibility index (Phi) is 9.56. The van der Waals surface area contributed by atoms with E-state index in [1.165, 1.54) is 12.2 Å². The molecular weight excluding hydrogens is 430 g/mol. The number of nitrogens with two attached hydrogens (primary N) is 1. The number of benzene rings is 1. The third-order valence-electron chi connectivity index (χ3n) is 5.14. The molecule has 0 spiro atoms. The largest absolute Gasteiger partial charge is 0.444 e. The molecule has 4 atom stereocenters. The summed E-state index contributed by atoms with van der Waals surface area (Å²) in [6, 6.07) is 7.48. The highest BCUT2D eigenvalue weighted by Crippen LogP contribution is 2.25. The molecule has 0 radical (unpaired) electrons. The Morgan fingerprint density at radius 2 is 1.82 bits per heavy atom. The Labute approximate surface area is 192 Å². The molecule has 4 amide bonds. The number of nitrogens with zero attached hydrogens (tertiary/aromatic N) is 1. The van der Waals surface area contributed by atoms with Gasteiger partial charge in [-0.15, -0.1) is 0 Å². The van der Waals surface area contributed by atoms with Gasteiger partial charge in [-0.25, -0.2) is 9.69 Å². The highest BCUT2D eigenvalue weighted by atomic mass is 16.6. The predicted molar refractivity (Wildman–Crippen MR) is 118 cm³/mol. The van der Waals surface area contributed by atoms with Gasteiger partial charge < -0.3 is 26.0 Å². The van der Waals surface area contributed by atoms with Crippen LogP contribution in [0.15, 0.2) is 42.5 Å². The molecule has 10 heteroatoms. The minimum atomic E-state index is -1.31. The van der Waals surface area contributed by atoms with Gasteiger partial charge in [0.2, 0.25) is 17.7 Å². The summed E-state index contributed by atoms with van der Waals surface area (Å²) in [6.45, 7) is 2.99. The topological polar surface area (TPSA) is 159 Å². The first-order valence-electron chi connectivity index (χ1n) is 10.7. The van der Waals surface area contributed by atoms with Crippen LogP contribution in [0.1, 0.15) is 32.3 Å². The average molecular weight is 462 g/mol.